The number of nitrogens with zero attached hydrogens (tertiary/aromatic N) is 1. The van der Waals surface area contributed by atoms with Gasteiger partial charge in [0.15, 0.2) is 0 Å². The molecule has 3 atom stereocenters. The van der Waals surface area contributed by atoms with Crippen LogP contribution in [0.5, 0.6) is 5.75 Å². The average molecular weight is 549 g/mol. The molecule has 2 N–H and O–H groups in total. The Morgan fingerprint density at radius 3 is 2.42 bits per heavy atom. The number of carbonyl (C=O) groups excluding carboxylic acids is 1. The molecule has 1 aliphatic heterocycles. The zero-order chi connectivity index (χ0) is 27.0. The number of aliphatic hydroxyl groups is 1. The molecule has 1 aliphatic carbocycles. The molecule has 2 aromatic rings. The highest BCUT2D eigenvalue weighted by Crippen LogP contribution is 2.27. The predicted molar refractivity (Wildman–Crippen MR) is 139 cm³/mol. The van der Waals surface area contributed by atoms with E-state index in [1.807, 2.05) is 30.3 Å². The van der Waals surface area contributed by atoms with E-state index in [1.165, 1.54) is 19.2 Å². The summed E-state index contributed by atoms with van der Waals surface area (Å²) in [7, 11) is -2.63. The van der Waals surface area contributed by atoms with Crippen LogP contribution in [-0.4, -0.2) is 75.3 Å². The first-order chi connectivity index (χ1) is 18.3. The van der Waals surface area contributed by atoms with Gasteiger partial charge >= 0.3 is 6.09 Å². The van der Waals surface area contributed by atoms with E-state index in [0.717, 1.165) is 35.7 Å². The molecule has 38 heavy (non-hydrogen) atoms. The smallest absolute Gasteiger partial charge is 0.407 e. The molecule has 0 aromatic heterocycles. The van der Waals surface area contributed by atoms with Gasteiger partial charge in [0, 0.05) is 6.42 Å². The topological polar surface area (TPSA) is 124 Å². The highest BCUT2D eigenvalue weighted by molar-refractivity contribution is 7.89. The number of amides is 1. The minimum Gasteiger partial charge on any atom is -0.497 e. The number of ether oxygens (including phenoxy) is 3. The molecule has 10 nitrogen and oxygen atoms in total. The standard InChI is InChI=1S/C27H36N2O8S/c1-34-21-11-13-24(14-12-21)38(32,33)29(37-22-9-5-6-10-22)18-26(30)25(17-20-7-3-2-4-8-20)28-27(31)36-23-15-16-35-19-23/h2-4,7-8,11-14,22-23,25-26,30H,5-6,9-10,15-19H2,1H3,(H,28,31)/t23-,25-,26+/m0/s1. The van der Waals surface area contributed by atoms with Crippen LogP contribution in [0.15, 0.2) is 59.5 Å². The molecule has 1 amide bonds. The zero-order valence-corrected chi connectivity index (χ0v) is 22.3. The fourth-order valence-corrected chi connectivity index (χ4v) is 5.90. The second kappa shape index (κ2) is 13.4. The Labute approximate surface area is 223 Å². The third kappa shape index (κ3) is 7.67. The van der Waals surface area contributed by atoms with Crippen LogP contribution in [0.1, 0.15) is 37.7 Å². The SMILES string of the molecule is COc1ccc(S(=O)(=O)N(C[C@@H](O)[C@H](Cc2ccccc2)NC(=O)O[C@H]2CCOC2)OC2CCCC2)cc1. The van der Waals surface area contributed by atoms with Gasteiger partial charge in [0.1, 0.15) is 11.9 Å². The van der Waals surface area contributed by atoms with Gasteiger partial charge in [0.25, 0.3) is 10.0 Å². The van der Waals surface area contributed by atoms with Gasteiger partial charge in [-0.2, -0.15) is 0 Å². The lowest BCUT2D eigenvalue weighted by atomic mass is 10.0. The Morgan fingerprint density at radius 1 is 1.08 bits per heavy atom. The molecule has 0 bridgehead atoms. The van der Waals surface area contributed by atoms with Crippen LogP contribution in [0.25, 0.3) is 0 Å². The molecule has 0 unspecified atom stereocenters. The van der Waals surface area contributed by atoms with Crippen molar-refractivity contribution < 1.29 is 37.4 Å². The van der Waals surface area contributed by atoms with Crippen molar-refractivity contribution in [3.8, 4) is 5.75 Å². The third-order valence-electron chi connectivity index (χ3n) is 6.76. The van der Waals surface area contributed by atoms with Crippen LogP contribution >= 0.6 is 0 Å². The molecule has 2 aromatic carbocycles. The van der Waals surface area contributed by atoms with E-state index >= 15 is 0 Å². The Balaban J connectivity index is 1.54. The summed E-state index contributed by atoms with van der Waals surface area (Å²) in [6.07, 6.45) is 1.58. The van der Waals surface area contributed by atoms with E-state index in [9.17, 15) is 18.3 Å². The molecule has 4 rings (SSSR count). The number of nitrogens with one attached hydrogen (secondary N) is 1. The average Bonchev–Trinajstić information content (AvgIpc) is 3.63. The molecule has 2 fully saturated rings. The maximum Gasteiger partial charge on any atom is 0.407 e. The molecule has 0 radical (unpaired) electrons. The van der Waals surface area contributed by atoms with Gasteiger partial charge < -0.3 is 24.6 Å². The normalized spacial score (nSPS) is 19.8. The van der Waals surface area contributed by atoms with E-state index in [1.54, 1.807) is 12.1 Å². The summed E-state index contributed by atoms with van der Waals surface area (Å²) in [6.45, 7) is 0.461. The third-order valence-corrected chi connectivity index (χ3v) is 8.40. The van der Waals surface area contributed by atoms with Crippen molar-refractivity contribution in [3.05, 3.63) is 60.2 Å². The maximum atomic E-state index is 13.6. The number of hydrogen-bond acceptors (Lipinski definition) is 8. The molecule has 1 saturated heterocycles. The minimum atomic E-state index is -4.13. The number of hydroxylamine groups is 1. The summed E-state index contributed by atoms with van der Waals surface area (Å²) in [5.74, 6) is 0.519. The van der Waals surface area contributed by atoms with Gasteiger partial charge in [-0.25, -0.2) is 13.2 Å². The lowest BCUT2D eigenvalue weighted by Gasteiger charge is -2.30. The molecule has 208 valence electrons. The number of methoxy groups -OCH3 is 1. The van der Waals surface area contributed by atoms with Gasteiger partial charge in [-0.3, -0.25) is 4.84 Å². The first-order valence-electron chi connectivity index (χ1n) is 13.0. The molecular formula is C27H36N2O8S. The van der Waals surface area contributed by atoms with Gasteiger partial charge in [-0.15, -0.1) is 0 Å². The second-order valence-electron chi connectivity index (χ2n) is 9.58. The van der Waals surface area contributed by atoms with Crippen molar-refractivity contribution in [2.75, 3.05) is 26.9 Å². The van der Waals surface area contributed by atoms with Crippen LogP contribution in [0.4, 0.5) is 4.79 Å². The molecule has 2 aliphatic rings. The summed E-state index contributed by atoms with van der Waals surface area (Å²) in [4.78, 5) is 18.6. The van der Waals surface area contributed by atoms with E-state index < -0.39 is 28.3 Å². The van der Waals surface area contributed by atoms with Crippen molar-refractivity contribution in [1.82, 2.24) is 9.79 Å². The molecule has 1 saturated carbocycles. The van der Waals surface area contributed by atoms with Crippen molar-refractivity contribution in [1.29, 1.82) is 0 Å². The monoisotopic (exact) mass is 548 g/mol. The number of sulfonamides is 1. The lowest BCUT2D eigenvalue weighted by Crippen LogP contribution is -2.51. The summed E-state index contributed by atoms with van der Waals surface area (Å²) >= 11 is 0. The number of alkyl carbamates (subject to hydrolysis) is 1. The summed E-state index contributed by atoms with van der Waals surface area (Å²) in [5.41, 5.74) is 0.863. The Hall–Kier alpha value is -2.70. The minimum absolute atomic E-state index is 0.0108. The van der Waals surface area contributed by atoms with Crippen molar-refractivity contribution in [2.45, 2.75) is 67.8 Å². The predicted octanol–water partition coefficient (Wildman–Crippen LogP) is 3.05. The summed E-state index contributed by atoms with van der Waals surface area (Å²) < 4.78 is 43.9. The summed E-state index contributed by atoms with van der Waals surface area (Å²) in [5, 5.41) is 14.1. The molecular weight excluding hydrogens is 512 g/mol. The van der Waals surface area contributed by atoms with E-state index in [-0.39, 0.29) is 30.1 Å². The zero-order valence-electron chi connectivity index (χ0n) is 21.5. The van der Waals surface area contributed by atoms with Crippen molar-refractivity contribution in [2.24, 2.45) is 0 Å². The van der Waals surface area contributed by atoms with Gasteiger partial charge in [-0.05, 0) is 49.1 Å². The van der Waals surface area contributed by atoms with Crippen LogP contribution in [0, 0.1) is 0 Å². The quantitative estimate of drug-likeness (QED) is 0.388. The van der Waals surface area contributed by atoms with Crippen LogP contribution < -0.4 is 10.1 Å². The number of benzene rings is 2. The van der Waals surface area contributed by atoms with Crippen molar-refractivity contribution in [3.63, 3.8) is 0 Å². The van der Waals surface area contributed by atoms with Crippen LogP contribution in [0.2, 0.25) is 0 Å². The number of hydrogen-bond donors (Lipinski definition) is 2. The van der Waals surface area contributed by atoms with Gasteiger partial charge in [-0.1, -0.05) is 47.6 Å². The van der Waals surface area contributed by atoms with Gasteiger partial charge in [0.2, 0.25) is 0 Å². The van der Waals surface area contributed by atoms with E-state index in [2.05, 4.69) is 5.32 Å². The molecule has 1 heterocycles. The molecule has 0 spiro atoms. The first-order valence-corrected chi connectivity index (χ1v) is 14.4. The number of aliphatic hydroxyl groups excluding tert-OH is 1. The van der Waals surface area contributed by atoms with E-state index in [4.69, 9.17) is 19.0 Å². The molecule has 11 heteroatoms. The second-order valence-corrected chi connectivity index (χ2v) is 11.4. The maximum absolute atomic E-state index is 13.6. The fourth-order valence-electron chi connectivity index (χ4n) is 4.60. The highest BCUT2D eigenvalue weighted by atomic mass is 32.2. The number of rotatable bonds is 12. The Bertz CT molecular complexity index is 1120. The highest BCUT2D eigenvalue weighted by Gasteiger charge is 2.35. The fraction of sp³-hybridized carbons (Fsp3) is 0.519. The Morgan fingerprint density at radius 2 is 1.79 bits per heavy atom. The number of carbonyl (C=O) groups is 1. The lowest BCUT2D eigenvalue weighted by molar-refractivity contribution is -0.145. The van der Waals surface area contributed by atoms with Crippen molar-refractivity contribution >= 4 is 16.1 Å². The van der Waals surface area contributed by atoms with Gasteiger partial charge in [0.05, 0.1) is 50.0 Å². The largest absolute Gasteiger partial charge is 0.497 e. The van der Waals surface area contributed by atoms with E-state index in [0.29, 0.717) is 25.4 Å². The van der Waals surface area contributed by atoms with Crippen LogP contribution in [0.3, 0.4) is 0 Å². The first kappa shape index (κ1) is 28.3. The van der Waals surface area contributed by atoms with Crippen LogP contribution in [-0.2, 0) is 30.8 Å². The Kier molecular flexibility index (Phi) is 9.97. The summed E-state index contributed by atoms with van der Waals surface area (Å²) in [6, 6.07) is 14.5.